The quantitative estimate of drug-likeness (QED) is 0.638. The first kappa shape index (κ1) is 17.4. The fraction of sp³-hybridized carbons (Fsp3) is 0.176. The van der Waals surface area contributed by atoms with Crippen molar-refractivity contribution in [2.24, 2.45) is 5.10 Å². The third-order valence-corrected chi connectivity index (χ3v) is 3.77. The molecule has 2 aromatic rings. The highest BCUT2D eigenvalue weighted by atomic mass is 35.5. The van der Waals surface area contributed by atoms with Crippen LogP contribution in [0, 0.1) is 0 Å². The Morgan fingerprint density at radius 1 is 1.24 bits per heavy atom. The first-order valence-corrected chi connectivity index (χ1v) is 8.17. The number of hydrogen-bond acceptors (Lipinski definition) is 5. The maximum absolute atomic E-state index is 11.8. The van der Waals surface area contributed by atoms with Crippen LogP contribution in [-0.4, -0.2) is 31.9 Å². The Hall–Kier alpha value is -2.44. The van der Waals surface area contributed by atoms with E-state index in [0.717, 1.165) is 0 Å². The van der Waals surface area contributed by atoms with Crippen LogP contribution < -0.4 is 19.6 Å². The molecule has 0 unspecified atom stereocenters. The predicted molar refractivity (Wildman–Crippen MR) is 95.1 cm³/mol. The molecule has 1 aliphatic heterocycles. The molecule has 1 aliphatic rings. The number of hydrazone groups is 1. The van der Waals surface area contributed by atoms with E-state index < -0.39 is 5.91 Å². The van der Waals surface area contributed by atoms with Crippen molar-refractivity contribution in [1.82, 2.24) is 5.43 Å². The number of amides is 1. The van der Waals surface area contributed by atoms with Crippen molar-refractivity contribution >= 4 is 35.3 Å². The van der Waals surface area contributed by atoms with Crippen LogP contribution in [-0.2, 0) is 4.79 Å². The predicted octanol–water partition coefficient (Wildman–Crippen LogP) is 3.29. The summed E-state index contributed by atoms with van der Waals surface area (Å²) in [4.78, 5) is 11.8. The summed E-state index contributed by atoms with van der Waals surface area (Å²) in [5, 5.41) is 4.72. The molecule has 3 rings (SSSR count). The molecule has 2 aromatic carbocycles. The van der Waals surface area contributed by atoms with Crippen molar-refractivity contribution in [2.75, 3.05) is 19.8 Å². The maximum Gasteiger partial charge on any atom is 0.277 e. The number of ether oxygens (including phenoxy) is 3. The Kier molecular flexibility index (Phi) is 5.63. The molecule has 0 aliphatic carbocycles. The second kappa shape index (κ2) is 8.09. The van der Waals surface area contributed by atoms with Gasteiger partial charge in [-0.25, -0.2) is 5.43 Å². The molecule has 0 fully saturated rings. The fourth-order valence-electron chi connectivity index (χ4n) is 2.14. The molecule has 0 atom stereocenters. The molecule has 1 amide bonds. The van der Waals surface area contributed by atoms with E-state index in [-0.39, 0.29) is 6.61 Å². The summed E-state index contributed by atoms with van der Waals surface area (Å²) >= 11 is 11.8. The largest absolute Gasteiger partial charge is 0.486 e. The number of para-hydroxylation sites is 1. The third-order valence-electron chi connectivity index (χ3n) is 3.24. The highest BCUT2D eigenvalue weighted by Gasteiger charge is 2.14. The molecular weight excluding hydrogens is 367 g/mol. The van der Waals surface area contributed by atoms with Crippen molar-refractivity contribution in [2.45, 2.75) is 0 Å². The van der Waals surface area contributed by atoms with Gasteiger partial charge in [0.15, 0.2) is 18.1 Å². The van der Waals surface area contributed by atoms with Crippen LogP contribution in [0.4, 0.5) is 0 Å². The Morgan fingerprint density at radius 3 is 2.92 bits per heavy atom. The van der Waals surface area contributed by atoms with Crippen LogP contribution in [0.25, 0.3) is 0 Å². The molecule has 130 valence electrons. The lowest BCUT2D eigenvalue weighted by Crippen LogP contribution is -2.24. The minimum Gasteiger partial charge on any atom is -0.486 e. The summed E-state index contributed by atoms with van der Waals surface area (Å²) in [6, 6.07) is 10.2. The number of nitrogens with zero attached hydrogens (tertiary/aromatic N) is 1. The minimum absolute atomic E-state index is 0.231. The summed E-state index contributed by atoms with van der Waals surface area (Å²) in [5.74, 6) is 1.20. The zero-order valence-corrected chi connectivity index (χ0v) is 14.5. The van der Waals surface area contributed by atoms with Gasteiger partial charge in [0.05, 0.1) is 11.2 Å². The van der Waals surface area contributed by atoms with Gasteiger partial charge >= 0.3 is 0 Å². The molecule has 0 aromatic heterocycles. The van der Waals surface area contributed by atoms with E-state index in [1.807, 2.05) is 18.2 Å². The van der Waals surface area contributed by atoms with E-state index in [9.17, 15) is 4.79 Å². The van der Waals surface area contributed by atoms with Gasteiger partial charge in [0.1, 0.15) is 19.0 Å². The van der Waals surface area contributed by atoms with Gasteiger partial charge in [-0.2, -0.15) is 5.10 Å². The Morgan fingerprint density at radius 2 is 2.08 bits per heavy atom. The molecule has 0 radical (unpaired) electrons. The lowest BCUT2D eigenvalue weighted by atomic mass is 10.2. The van der Waals surface area contributed by atoms with Gasteiger partial charge in [-0.1, -0.05) is 29.3 Å². The van der Waals surface area contributed by atoms with Gasteiger partial charge in [0, 0.05) is 10.6 Å². The highest BCUT2D eigenvalue weighted by molar-refractivity contribution is 6.35. The number of carbonyl (C=O) groups is 1. The summed E-state index contributed by atoms with van der Waals surface area (Å²) in [5.41, 5.74) is 3.09. The molecule has 1 N–H and O–H groups in total. The second-order valence-electron chi connectivity index (χ2n) is 5.03. The number of hydrogen-bond donors (Lipinski definition) is 1. The molecule has 0 saturated carbocycles. The van der Waals surface area contributed by atoms with Crippen molar-refractivity contribution in [3.63, 3.8) is 0 Å². The van der Waals surface area contributed by atoms with Crippen LogP contribution >= 0.6 is 23.2 Å². The van der Waals surface area contributed by atoms with Crippen molar-refractivity contribution in [3.8, 4) is 17.2 Å². The molecule has 0 saturated heterocycles. The summed E-state index contributed by atoms with van der Waals surface area (Å²) < 4.78 is 16.4. The SMILES string of the molecule is O=C(COc1ccc(Cl)cc1Cl)N/N=C\c1cccc2c1OCCO2. The molecule has 6 nitrogen and oxygen atoms in total. The average molecular weight is 381 g/mol. The maximum atomic E-state index is 11.8. The molecule has 25 heavy (non-hydrogen) atoms. The highest BCUT2D eigenvalue weighted by Crippen LogP contribution is 2.32. The van der Waals surface area contributed by atoms with E-state index in [2.05, 4.69) is 10.5 Å². The zero-order valence-electron chi connectivity index (χ0n) is 13.0. The summed E-state index contributed by atoms with van der Waals surface area (Å²) in [7, 11) is 0. The van der Waals surface area contributed by atoms with Gasteiger partial charge in [-0.05, 0) is 30.3 Å². The normalized spacial score (nSPS) is 12.9. The van der Waals surface area contributed by atoms with Crippen molar-refractivity contribution in [3.05, 3.63) is 52.0 Å². The Labute approximate surface area is 154 Å². The number of rotatable bonds is 5. The standard InChI is InChI=1S/C17H14Cl2N2O4/c18-12-4-5-14(13(19)8-12)25-10-16(22)21-20-9-11-2-1-3-15-17(11)24-7-6-23-15/h1-5,8-9H,6-7,10H2,(H,21,22)/b20-9-. The Bertz CT molecular complexity index is 811. The van der Waals surface area contributed by atoms with Crippen LogP contribution in [0.3, 0.4) is 0 Å². The van der Waals surface area contributed by atoms with E-state index in [1.165, 1.54) is 12.3 Å². The molecule has 0 spiro atoms. The summed E-state index contributed by atoms with van der Waals surface area (Å²) in [6.07, 6.45) is 1.49. The summed E-state index contributed by atoms with van der Waals surface area (Å²) in [6.45, 7) is 0.750. The van der Waals surface area contributed by atoms with E-state index in [0.29, 0.717) is 46.1 Å². The monoisotopic (exact) mass is 380 g/mol. The number of carbonyl (C=O) groups excluding carboxylic acids is 1. The van der Waals surface area contributed by atoms with Crippen LogP contribution in [0.1, 0.15) is 5.56 Å². The van der Waals surface area contributed by atoms with Gasteiger partial charge in [0.2, 0.25) is 0 Å². The third kappa shape index (κ3) is 4.55. The van der Waals surface area contributed by atoms with E-state index in [1.54, 1.807) is 12.1 Å². The smallest absolute Gasteiger partial charge is 0.277 e. The van der Waals surface area contributed by atoms with Crippen LogP contribution in [0.2, 0.25) is 10.0 Å². The van der Waals surface area contributed by atoms with Gasteiger partial charge < -0.3 is 14.2 Å². The van der Waals surface area contributed by atoms with Gasteiger partial charge in [-0.15, -0.1) is 0 Å². The van der Waals surface area contributed by atoms with E-state index >= 15 is 0 Å². The lowest BCUT2D eigenvalue weighted by molar-refractivity contribution is -0.123. The molecule has 8 heteroatoms. The van der Waals surface area contributed by atoms with E-state index in [4.69, 9.17) is 37.4 Å². The number of benzene rings is 2. The first-order valence-electron chi connectivity index (χ1n) is 7.42. The van der Waals surface area contributed by atoms with Gasteiger partial charge in [0.25, 0.3) is 5.91 Å². The molecule has 1 heterocycles. The van der Waals surface area contributed by atoms with Crippen LogP contribution in [0.5, 0.6) is 17.2 Å². The van der Waals surface area contributed by atoms with Crippen molar-refractivity contribution < 1.29 is 19.0 Å². The second-order valence-corrected chi connectivity index (χ2v) is 5.87. The fourth-order valence-corrected chi connectivity index (χ4v) is 2.60. The molecule has 0 bridgehead atoms. The topological polar surface area (TPSA) is 69.2 Å². The lowest BCUT2D eigenvalue weighted by Gasteiger charge is -2.19. The zero-order chi connectivity index (χ0) is 17.6. The van der Waals surface area contributed by atoms with Crippen LogP contribution in [0.15, 0.2) is 41.5 Å². The molecular formula is C17H14Cl2N2O4. The van der Waals surface area contributed by atoms with Gasteiger partial charge in [-0.3, -0.25) is 4.79 Å². The average Bonchev–Trinajstić information content (AvgIpc) is 2.61. The van der Waals surface area contributed by atoms with Crippen molar-refractivity contribution in [1.29, 1.82) is 0 Å². The number of fused-ring (bicyclic) bond motifs is 1. The number of nitrogens with one attached hydrogen (secondary N) is 1. The Balaban J connectivity index is 1.55. The number of halogens is 2. The minimum atomic E-state index is -0.427. The first-order chi connectivity index (χ1) is 12.1.